The summed E-state index contributed by atoms with van der Waals surface area (Å²) in [4.78, 5) is 32.6. The first kappa shape index (κ1) is 23.2. The molecule has 0 radical (unpaired) electrons. The highest BCUT2D eigenvalue weighted by molar-refractivity contribution is 6.16. The summed E-state index contributed by atoms with van der Waals surface area (Å²) in [5.74, 6) is -0.931. The molecule has 0 saturated carbocycles. The van der Waals surface area contributed by atoms with Gasteiger partial charge in [0.25, 0.3) is 5.91 Å². The molecule has 1 N–H and O–H groups in total. The van der Waals surface area contributed by atoms with E-state index in [2.05, 4.69) is 4.98 Å². The molecule has 0 aliphatic carbocycles. The molecule has 4 aromatic rings. The number of amides is 1. The highest BCUT2D eigenvalue weighted by atomic mass is 16.5. The number of furan rings is 1. The summed E-state index contributed by atoms with van der Waals surface area (Å²) in [7, 11) is 3.00. The number of methoxy groups -OCH3 is 2. The molecule has 36 heavy (non-hydrogen) atoms. The van der Waals surface area contributed by atoms with Gasteiger partial charge in [0.1, 0.15) is 5.58 Å². The van der Waals surface area contributed by atoms with Crippen molar-refractivity contribution in [2.45, 2.75) is 19.0 Å². The van der Waals surface area contributed by atoms with E-state index in [0.717, 1.165) is 5.39 Å². The first-order valence-electron chi connectivity index (χ1n) is 11.5. The molecule has 0 saturated heterocycles. The fraction of sp³-hybridized carbons (Fsp3) is 0.222. The molecule has 2 aromatic carbocycles. The van der Waals surface area contributed by atoms with E-state index in [1.54, 1.807) is 42.9 Å². The van der Waals surface area contributed by atoms with Crippen molar-refractivity contribution in [1.82, 2.24) is 14.5 Å². The van der Waals surface area contributed by atoms with E-state index in [0.29, 0.717) is 35.6 Å². The second kappa shape index (κ2) is 9.61. The lowest BCUT2D eigenvalue weighted by Crippen LogP contribution is -2.32. The van der Waals surface area contributed by atoms with Gasteiger partial charge in [-0.3, -0.25) is 9.59 Å². The van der Waals surface area contributed by atoms with Crippen LogP contribution in [0.25, 0.3) is 11.0 Å². The molecular formula is C27H25N3O6. The van der Waals surface area contributed by atoms with Crippen molar-refractivity contribution < 1.29 is 28.6 Å². The normalized spacial score (nSPS) is 15.7. The van der Waals surface area contributed by atoms with E-state index in [-0.39, 0.29) is 17.9 Å². The number of rotatable bonds is 9. The van der Waals surface area contributed by atoms with Gasteiger partial charge in [-0.2, -0.15) is 0 Å². The molecule has 1 atom stereocenters. The Bertz CT molecular complexity index is 1420. The molecule has 1 amide bonds. The van der Waals surface area contributed by atoms with Crippen LogP contribution in [-0.4, -0.2) is 52.0 Å². The van der Waals surface area contributed by atoms with Crippen LogP contribution in [0.5, 0.6) is 11.5 Å². The van der Waals surface area contributed by atoms with Crippen molar-refractivity contribution in [2.75, 3.05) is 20.8 Å². The van der Waals surface area contributed by atoms with Crippen molar-refractivity contribution in [1.29, 1.82) is 0 Å². The number of carbonyl (C=O) groups is 2. The molecule has 1 aliphatic heterocycles. The number of Topliss-reactive ketones (excluding diaryl/α,β-unsaturated/α-hetero) is 1. The highest BCUT2D eigenvalue weighted by Gasteiger charge is 2.45. The number of fused-ring (bicyclic) bond motifs is 1. The van der Waals surface area contributed by atoms with Crippen LogP contribution in [0, 0.1) is 0 Å². The number of aliphatic hydroxyl groups excluding tert-OH is 1. The lowest BCUT2D eigenvalue weighted by molar-refractivity contribution is -0.129. The summed E-state index contributed by atoms with van der Waals surface area (Å²) in [6.45, 7) is 0.891. The number of aliphatic hydroxyl groups is 1. The van der Waals surface area contributed by atoms with E-state index >= 15 is 0 Å². The van der Waals surface area contributed by atoms with Crippen LogP contribution in [0.4, 0.5) is 0 Å². The zero-order chi connectivity index (χ0) is 25.2. The molecule has 0 unspecified atom stereocenters. The molecule has 9 heteroatoms. The number of aromatic nitrogens is 2. The van der Waals surface area contributed by atoms with Gasteiger partial charge in [0, 0.05) is 36.4 Å². The molecule has 0 bridgehead atoms. The van der Waals surface area contributed by atoms with Crippen LogP contribution in [0.3, 0.4) is 0 Å². The van der Waals surface area contributed by atoms with E-state index in [4.69, 9.17) is 13.9 Å². The van der Waals surface area contributed by atoms with E-state index in [1.807, 2.05) is 29.0 Å². The van der Waals surface area contributed by atoms with Gasteiger partial charge < -0.3 is 28.5 Å². The first-order chi connectivity index (χ1) is 17.5. The fourth-order valence-corrected chi connectivity index (χ4v) is 4.64. The fourth-order valence-electron chi connectivity index (χ4n) is 4.64. The SMILES string of the molecule is COc1cccc([C@H]2C(C(=O)c3cc4ccccc4o3)=C(O)C(=O)N2CCCn2ccnc2)c1OC. The minimum atomic E-state index is -0.897. The minimum Gasteiger partial charge on any atom is -0.503 e. The number of ketones is 1. The number of benzene rings is 2. The molecule has 1 aliphatic rings. The Morgan fingerprint density at radius 3 is 2.67 bits per heavy atom. The summed E-state index contributed by atoms with van der Waals surface area (Å²) in [5.41, 5.74) is 1.00. The molecule has 184 valence electrons. The minimum absolute atomic E-state index is 0.0395. The Morgan fingerprint density at radius 2 is 1.94 bits per heavy atom. The van der Waals surface area contributed by atoms with Gasteiger partial charge in [-0.1, -0.05) is 30.3 Å². The Balaban J connectivity index is 1.57. The standard InChI is InChI=1S/C27H25N3O6/c1-34-20-10-5-8-18(26(20)35-2)23-22(24(31)21-15-17-7-3-4-9-19(17)36-21)25(32)27(33)30(23)13-6-12-29-14-11-28-16-29/h3-5,7-11,14-16,23,32H,6,12-13H2,1-2H3/t23-/m0/s1. The molecule has 0 fully saturated rings. The number of nitrogens with zero attached hydrogens (tertiary/aromatic N) is 3. The van der Waals surface area contributed by atoms with Crippen LogP contribution >= 0.6 is 0 Å². The van der Waals surface area contributed by atoms with Gasteiger partial charge in [0.15, 0.2) is 23.0 Å². The quantitative estimate of drug-likeness (QED) is 0.351. The number of hydrogen-bond donors (Lipinski definition) is 1. The topological polar surface area (TPSA) is 107 Å². The van der Waals surface area contributed by atoms with E-state index in [1.165, 1.54) is 19.1 Å². The lowest BCUT2D eigenvalue weighted by atomic mass is 9.94. The molecule has 2 aromatic heterocycles. The average Bonchev–Trinajstić information content (AvgIpc) is 3.63. The van der Waals surface area contributed by atoms with Gasteiger partial charge in [-0.15, -0.1) is 0 Å². The summed E-state index contributed by atoms with van der Waals surface area (Å²) >= 11 is 0. The number of para-hydroxylation sites is 2. The zero-order valence-electron chi connectivity index (χ0n) is 19.9. The summed E-state index contributed by atoms with van der Waals surface area (Å²) in [5, 5.41) is 11.7. The Hall–Kier alpha value is -4.53. The second-order valence-corrected chi connectivity index (χ2v) is 8.38. The summed E-state index contributed by atoms with van der Waals surface area (Å²) in [6.07, 6.45) is 5.79. The maximum atomic E-state index is 13.7. The van der Waals surface area contributed by atoms with Crippen LogP contribution in [0.2, 0.25) is 0 Å². The van der Waals surface area contributed by atoms with Gasteiger partial charge in [0.2, 0.25) is 5.78 Å². The molecule has 0 spiro atoms. The van der Waals surface area contributed by atoms with Gasteiger partial charge >= 0.3 is 0 Å². The summed E-state index contributed by atoms with van der Waals surface area (Å²) < 4.78 is 18.8. The van der Waals surface area contributed by atoms with Crippen molar-refractivity contribution in [3.63, 3.8) is 0 Å². The molecular weight excluding hydrogens is 462 g/mol. The monoisotopic (exact) mass is 487 g/mol. The predicted molar refractivity (Wildman–Crippen MR) is 131 cm³/mol. The summed E-state index contributed by atoms with van der Waals surface area (Å²) in [6, 6.07) is 13.2. The Morgan fingerprint density at radius 1 is 1.11 bits per heavy atom. The van der Waals surface area contributed by atoms with Crippen LogP contribution in [-0.2, 0) is 11.3 Å². The van der Waals surface area contributed by atoms with Crippen molar-refractivity contribution in [3.05, 3.63) is 89.9 Å². The third kappa shape index (κ3) is 3.98. The van der Waals surface area contributed by atoms with E-state index < -0.39 is 23.5 Å². The van der Waals surface area contributed by atoms with Crippen molar-refractivity contribution in [2.24, 2.45) is 0 Å². The number of aryl methyl sites for hydroxylation is 1. The van der Waals surface area contributed by atoms with Gasteiger partial charge in [0.05, 0.1) is 32.2 Å². The Labute approximate surface area is 207 Å². The van der Waals surface area contributed by atoms with Crippen LogP contribution < -0.4 is 9.47 Å². The first-order valence-corrected chi connectivity index (χ1v) is 11.5. The number of carbonyl (C=O) groups excluding carboxylic acids is 2. The zero-order valence-corrected chi connectivity index (χ0v) is 19.9. The number of hydrogen-bond acceptors (Lipinski definition) is 7. The van der Waals surface area contributed by atoms with Gasteiger partial charge in [-0.25, -0.2) is 4.98 Å². The maximum Gasteiger partial charge on any atom is 0.290 e. The third-order valence-electron chi connectivity index (χ3n) is 6.30. The van der Waals surface area contributed by atoms with Crippen molar-refractivity contribution >= 4 is 22.7 Å². The second-order valence-electron chi connectivity index (χ2n) is 8.38. The maximum absolute atomic E-state index is 13.7. The third-order valence-corrected chi connectivity index (χ3v) is 6.30. The lowest BCUT2D eigenvalue weighted by Gasteiger charge is -2.28. The van der Waals surface area contributed by atoms with Crippen LogP contribution in [0.1, 0.15) is 28.6 Å². The predicted octanol–water partition coefficient (Wildman–Crippen LogP) is 4.32. The van der Waals surface area contributed by atoms with E-state index in [9.17, 15) is 14.7 Å². The molecule has 9 nitrogen and oxygen atoms in total. The number of imidazole rings is 1. The molecule has 3 heterocycles. The van der Waals surface area contributed by atoms with Crippen molar-refractivity contribution in [3.8, 4) is 11.5 Å². The average molecular weight is 488 g/mol. The Kier molecular flexibility index (Phi) is 6.20. The number of ether oxygens (including phenoxy) is 2. The van der Waals surface area contributed by atoms with Gasteiger partial charge in [-0.05, 0) is 24.6 Å². The van der Waals surface area contributed by atoms with Crippen LogP contribution in [0.15, 0.2) is 83.0 Å². The molecule has 5 rings (SSSR count). The smallest absolute Gasteiger partial charge is 0.290 e. The highest BCUT2D eigenvalue weighted by Crippen LogP contribution is 2.45. The largest absolute Gasteiger partial charge is 0.503 e.